The Morgan fingerprint density at radius 3 is 2.75 bits per heavy atom. The number of carbonyl (C=O) groups excluding carboxylic acids is 1. The van der Waals surface area contributed by atoms with Crippen LogP contribution in [0.1, 0.15) is 15.9 Å². The molecule has 0 fully saturated rings. The molecule has 0 radical (unpaired) electrons. The van der Waals surface area contributed by atoms with Crippen molar-refractivity contribution in [3.63, 3.8) is 0 Å². The second kappa shape index (κ2) is 6.73. The molecule has 0 bridgehead atoms. The Morgan fingerprint density at radius 1 is 1.20 bits per heavy atom. The molecule has 0 aliphatic heterocycles. The van der Waals surface area contributed by atoms with Crippen molar-refractivity contribution in [1.29, 1.82) is 0 Å². The Labute approximate surface area is 118 Å². The highest BCUT2D eigenvalue weighted by Gasteiger charge is 2.07. The Balaban J connectivity index is 2.12. The first kappa shape index (κ1) is 14.1. The van der Waals surface area contributed by atoms with Crippen LogP contribution in [-0.2, 0) is 6.42 Å². The number of anilines is 1. The molecule has 0 atom stereocenters. The van der Waals surface area contributed by atoms with Gasteiger partial charge in [-0.15, -0.1) is 0 Å². The van der Waals surface area contributed by atoms with Crippen LogP contribution in [0.3, 0.4) is 0 Å². The van der Waals surface area contributed by atoms with E-state index in [-0.39, 0.29) is 5.91 Å². The molecule has 0 spiro atoms. The molecule has 0 aliphatic carbocycles. The monoisotopic (exact) mass is 270 g/mol. The summed E-state index contributed by atoms with van der Waals surface area (Å²) in [5.74, 6) is 0.566. The van der Waals surface area contributed by atoms with Gasteiger partial charge in [0.2, 0.25) is 0 Å². The Hall–Kier alpha value is -2.33. The molecule has 0 saturated carbocycles. The molecule has 1 amide bonds. The first-order chi connectivity index (χ1) is 9.72. The maximum atomic E-state index is 12.2. The molecule has 0 unspecified atom stereocenters. The highest BCUT2D eigenvalue weighted by atomic mass is 16.5. The van der Waals surface area contributed by atoms with E-state index in [1.165, 1.54) is 0 Å². The zero-order chi connectivity index (χ0) is 14.4. The maximum Gasteiger partial charge on any atom is 0.255 e. The summed E-state index contributed by atoms with van der Waals surface area (Å²) in [6.45, 7) is 0.570. The number of methoxy groups -OCH3 is 1. The van der Waals surface area contributed by atoms with Gasteiger partial charge >= 0.3 is 0 Å². The second-order valence-corrected chi connectivity index (χ2v) is 4.43. The number of ether oxygens (including phenoxy) is 1. The lowest BCUT2D eigenvalue weighted by molar-refractivity contribution is 0.102. The van der Waals surface area contributed by atoms with Gasteiger partial charge in [0.15, 0.2) is 0 Å². The van der Waals surface area contributed by atoms with Crippen molar-refractivity contribution in [2.75, 3.05) is 19.0 Å². The molecule has 2 rings (SSSR count). The summed E-state index contributed by atoms with van der Waals surface area (Å²) in [5.41, 5.74) is 7.92. The van der Waals surface area contributed by atoms with Crippen LogP contribution in [0.2, 0.25) is 0 Å². The van der Waals surface area contributed by atoms with E-state index in [1.54, 1.807) is 19.2 Å². The SMILES string of the molecule is COc1cccc(NC(=O)c2cccc(CCN)c2)c1. The lowest BCUT2D eigenvalue weighted by atomic mass is 10.1. The number of benzene rings is 2. The first-order valence-corrected chi connectivity index (χ1v) is 6.47. The standard InChI is InChI=1S/C16H18N2O2/c1-20-15-7-3-6-14(11-15)18-16(19)13-5-2-4-12(10-13)8-9-17/h2-7,10-11H,8-9,17H2,1H3,(H,18,19). The normalized spacial score (nSPS) is 10.1. The van der Waals surface area contributed by atoms with Crippen LogP contribution in [0.5, 0.6) is 5.75 Å². The number of amides is 1. The van der Waals surface area contributed by atoms with E-state index in [0.29, 0.717) is 23.5 Å². The molecular formula is C16H18N2O2. The topological polar surface area (TPSA) is 64.3 Å². The van der Waals surface area contributed by atoms with E-state index in [1.807, 2.05) is 36.4 Å². The van der Waals surface area contributed by atoms with E-state index in [4.69, 9.17) is 10.5 Å². The fraction of sp³-hybridized carbons (Fsp3) is 0.188. The summed E-state index contributed by atoms with van der Waals surface area (Å²) in [4.78, 5) is 12.2. The van der Waals surface area contributed by atoms with Gasteiger partial charge in [0, 0.05) is 17.3 Å². The number of nitrogens with one attached hydrogen (secondary N) is 1. The minimum absolute atomic E-state index is 0.142. The lowest BCUT2D eigenvalue weighted by Crippen LogP contribution is -2.12. The predicted octanol–water partition coefficient (Wildman–Crippen LogP) is 2.45. The van der Waals surface area contributed by atoms with Gasteiger partial charge in [0.05, 0.1) is 7.11 Å². The van der Waals surface area contributed by atoms with Crippen molar-refractivity contribution < 1.29 is 9.53 Å². The van der Waals surface area contributed by atoms with Gasteiger partial charge in [-0.2, -0.15) is 0 Å². The number of carbonyl (C=O) groups is 1. The third-order valence-corrected chi connectivity index (χ3v) is 2.95. The molecule has 4 heteroatoms. The molecule has 104 valence electrons. The molecule has 0 aromatic heterocycles. The average molecular weight is 270 g/mol. The van der Waals surface area contributed by atoms with Crippen LogP contribution in [0.15, 0.2) is 48.5 Å². The Morgan fingerprint density at radius 2 is 2.00 bits per heavy atom. The molecule has 0 aliphatic rings. The van der Waals surface area contributed by atoms with Crippen LogP contribution in [0.4, 0.5) is 5.69 Å². The van der Waals surface area contributed by atoms with Crippen LogP contribution >= 0.6 is 0 Å². The van der Waals surface area contributed by atoms with Crippen LogP contribution in [-0.4, -0.2) is 19.6 Å². The van der Waals surface area contributed by atoms with E-state index >= 15 is 0 Å². The largest absolute Gasteiger partial charge is 0.497 e. The summed E-state index contributed by atoms with van der Waals surface area (Å²) in [6, 6.07) is 14.8. The number of rotatable bonds is 5. The van der Waals surface area contributed by atoms with Gasteiger partial charge in [-0.05, 0) is 42.8 Å². The third-order valence-electron chi connectivity index (χ3n) is 2.95. The minimum Gasteiger partial charge on any atom is -0.497 e. The Bertz CT molecular complexity index is 597. The van der Waals surface area contributed by atoms with E-state index < -0.39 is 0 Å². The highest BCUT2D eigenvalue weighted by molar-refractivity contribution is 6.04. The van der Waals surface area contributed by atoms with Crippen LogP contribution in [0.25, 0.3) is 0 Å². The average Bonchev–Trinajstić information content (AvgIpc) is 2.48. The van der Waals surface area contributed by atoms with Crippen molar-refractivity contribution in [2.45, 2.75) is 6.42 Å². The lowest BCUT2D eigenvalue weighted by Gasteiger charge is -2.08. The molecule has 0 saturated heterocycles. The van der Waals surface area contributed by atoms with Gasteiger partial charge in [0.1, 0.15) is 5.75 Å². The molecule has 4 nitrogen and oxygen atoms in total. The molecule has 2 aromatic rings. The summed E-state index contributed by atoms with van der Waals surface area (Å²) < 4.78 is 5.13. The van der Waals surface area contributed by atoms with Gasteiger partial charge in [0.25, 0.3) is 5.91 Å². The van der Waals surface area contributed by atoms with Gasteiger partial charge in [-0.25, -0.2) is 0 Å². The van der Waals surface area contributed by atoms with Crippen molar-refractivity contribution in [3.05, 3.63) is 59.7 Å². The Kier molecular flexibility index (Phi) is 4.74. The third kappa shape index (κ3) is 3.59. The van der Waals surface area contributed by atoms with Gasteiger partial charge in [-0.3, -0.25) is 4.79 Å². The van der Waals surface area contributed by atoms with E-state index in [0.717, 1.165) is 12.0 Å². The molecular weight excluding hydrogens is 252 g/mol. The quantitative estimate of drug-likeness (QED) is 0.877. The predicted molar refractivity (Wildman–Crippen MR) is 80.1 cm³/mol. The van der Waals surface area contributed by atoms with Crippen molar-refractivity contribution in [3.8, 4) is 5.75 Å². The molecule has 3 N–H and O–H groups in total. The minimum atomic E-state index is -0.142. The summed E-state index contributed by atoms with van der Waals surface area (Å²) >= 11 is 0. The number of nitrogens with two attached hydrogens (primary N) is 1. The van der Waals surface area contributed by atoms with Crippen molar-refractivity contribution >= 4 is 11.6 Å². The summed E-state index contributed by atoms with van der Waals surface area (Å²) in [7, 11) is 1.59. The van der Waals surface area contributed by atoms with E-state index in [2.05, 4.69) is 5.32 Å². The molecule has 0 heterocycles. The van der Waals surface area contributed by atoms with Crippen molar-refractivity contribution in [1.82, 2.24) is 0 Å². The molecule has 2 aromatic carbocycles. The highest BCUT2D eigenvalue weighted by Crippen LogP contribution is 2.17. The second-order valence-electron chi connectivity index (χ2n) is 4.43. The number of hydrogen-bond acceptors (Lipinski definition) is 3. The fourth-order valence-electron chi connectivity index (χ4n) is 1.94. The first-order valence-electron chi connectivity index (χ1n) is 6.47. The number of hydrogen-bond donors (Lipinski definition) is 2. The summed E-state index contributed by atoms with van der Waals surface area (Å²) in [5, 5.41) is 2.85. The zero-order valence-corrected chi connectivity index (χ0v) is 11.4. The van der Waals surface area contributed by atoms with Crippen LogP contribution < -0.4 is 15.8 Å². The maximum absolute atomic E-state index is 12.2. The fourth-order valence-corrected chi connectivity index (χ4v) is 1.94. The van der Waals surface area contributed by atoms with E-state index in [9.17, 15) is 4.79 Å². The van der Waals surface area contributed by atoms with Gasteiger partial charge < -0.3 is 15.8 Å². The van der Waals surface area contributed by atoms with Gasteiger partial charge in [-0.1, -0.05) is 18.2 Å². The summed E-state index contributed by atoms with van der Waals surface area (Å²) in [6.07, 6.45) is 0.764. The smallest absolute Gasteiger partial charge is 0.255 e. The van der Waals surface area contributed by atoms with Crippen LogP contribution in [0, 0.1) is 0 Å². The molecule has 20 heavy (non-hydrogen) atoms. The van der Waals surface area contributed by atoms with Crippen molar-refractivity contribution in [2.24, 2.45) is 5.73 Å². The zero-order valence-electron chi connectivity index (χ0n) is 11.4.